The van der Waals surface area contributed by atoms with Gasteiger partial charge in [0, 0.05) is 30.0 Å². The molecule has 6 heterocycles. The van der Waals surface area contributed by atoms with E-state index >= 15 is 0 Å². The van der Waals surface area contributed by atoms with Gasteiger partial charge in [0.25, 0.3) is 0 Å². The van der Waals surface area contributed by atoms with E-state index in [1.807, 2.05) is 31.2 Å². The van der Waals surface area contributed by atoms with Gasteiger partial charge >= 0.3 is 29.6 Å². The number of aromatic nitrogens is 7. The number of thiophene rings is 1. The van der Waals surface area contributed by atoms with Crippen molar-refractivity contribution in [3.05, 3.63) is 64.8 Å². The number of rotatable bonds is 4. The summed E-state index contributed by atoms with van der Waals surface area (Å²) < 4.78 is 8.31. The van der Waals surface area contributed by atoms with Crippen molar-refractivity contribution >= 4 is 33.1 Å². The van der Waals surface area contributed by atoms with E-state index in [-0.39, 0.29) is 42.6 Å². The van der Waals surface area contributed by atoms with Crippen LogP contribution < -0.4 is 39.6 Å². The molecule has 39 heavy (non-hydrogen) atoms. The predicted molar refractivity (Wildman–Crippen MR) is 140 cm³/mol. The number of ketones is 2. The summed E-state index contributed by atoms with van der Waals surface area (Å²) in [6.45, 7) is 3.22. The minimum absolute atomic E-state index is 0. The molecule has 1 spiro atoms. The third-order valence-corrected chi connectivity index (χ3v) is 8.44. The molecule has 0 radical (unpaired) electrons. The number of pyridine rings is 1. The van der Waals surface area contributed by atoms with Gasteiger partial charge in [-0.1, -0.05) is 6.07 Å². The van der Waals surface area contributed by atoms with Crippen LogP contribution in [0.5, 0.6) is 5.75 Å². The molecule has 0 unspecified atom stereocenters. The minimum Gasteiger partial charge on any atom is -1.00 e. The molecule has 1 saturated heterocycles. The molecule has 192 valence electrons. The summed E-state index contributed by atoms with van der Waals surface area (Å²) in [4.78, 5) is 34.1. The van der Waals surface area contributed by atoms with Gasteiger partial charge in [0.05, 0.1) is 16.1 Å². The zero-order valence-electron chi connectivity index (χ0n) is 22.3. The number of benzene rings is 1. The zero-order valence-corrected chi connectivity index (χ0v) is 24.2. The summed E-state index contributed by atoms with van der Waals surface area (Å²) in [5.74, 6) is 0.0544. The number of nitrogens with zero attached hydrogens (tertiary/aromatic N) is 6. The van der Waals surface area contributed by atoms with Gasteiger partial charge in [0.2, 0.25) is 5.82 Å². The van der Waals surface area contributed by atoms with Gasteiger partial charge in [-0.25, -0.2) is 9.67 Å². The number of ether oxygens (including phenoxy) is 1. The molecule has 7 rings (SSSR count). The Hall–Kier alpha value is -3.29. The third-order valence-electron chi connectivity index (χ3n) is 7.32. The van der Waals surface area contributed by atoms with Crippen LogP contribution in [-0.4, -0.2) is 65.6 Å². The van der Waals surface area contributed by atoms with E-state index in [9.17, 15) is 9.59 Å². The van der Waals surface area contributed by atoms with Gasteiger partial charge in [-0.15, -0.1) is 21.5 Å². The van der Waals surface area contributed by atoms with Crippen molar-refractivity contribution in [1.82, 2.24) is 40.7 Å². The van der Waals surface area contributed by atoms with Crippen molar-refractivity contribution in [1.29, 1.82) is 0 Å². The third kappa shape index (κ3) is 4.23. The topological polar surface area (TPSA) is 141 Å². The van der Waals surface area contributed by atoms with E-state index in [0.717, 1.165) is 15.9 Å². The van der Waals surface area contributed by atoms with Crippen LogP contribution >= 0.6 is 11.3 Å². The molecule has 2 aliphatic heterocycles. The molecule has 0 amide bonds. The predicted octanol–water partition coefficient (Wildman–Crippen LogP) is 0.283. The maximum atomic E-state index is 14.2. The molecule has 1 aromatic carbocycles. The van der Waals surface area contributed by atoms with Crippen molar-refractivity contribution in [3.8, 4) is 23.0 Å². The Labute approximate surface area is 250 Å². The molecule has 1 fully saturated rings. The first-order chi connectivity index (χ1) is 18.5. The number of tetrazole rings is 1. The Kier molecular flexibility index (Phi) is 6.68. The molecular formula is C26H23N8NaO3S. The van der Waals surface area contributed by atoms with Gasteiger partial charge in [-0.2, -0.15) is 10.3 Å². The molecule has 0 saturated carbocycles. The molecule has 2 aliphatic rings. The Morgan fingerprint density at radius 2 is 2.05 bits per heavy atom. The van der Waals surface area contributed by atoms with Gasteiger partial charge in [0.1, 0.15) is 22.1 Å². The maximum Gasteiger partial charge on any atom is 1.00 e. The summed E-state index contributed by atoms with van der Waals surface area (Å²) in [7, 11) is 0. The Morgan fingerprint density at radius 3 is 2.79 bits per heavy atom. The fourth-order valence-corrected chi connectivity index (χ4v) is 6.59. The smallest absolute Gasteiger partial charge is 1.00 e. The fourth-order valence-electron chi connectivity index (χ4n) is 5.45. The summed E-state index contributed by atoms with van der Waals surface area (Å²) in [5, 5.41) is 22.9. The number of H-pyrrole nitrogens is 1. The number of hydrogen-bond donors (Lipinski definition) is 2. The van der Waals surface area contributed by atoms with Crippen molar-refractivity contribution in [2.45, 2.75) is 25.4 Å². The number of nitrogens with one attached hydrogen (secondary N) is 2. The number of aromatic amines is 1. The van der Waals surface area contributed by atoms with Crippen LogP contribution in [0.1, 0.15) is 40.0 Å². The van der Waals surface area contributed by atoms with Crippen molar-refractivity contribution < 1.29 is 45.3 Å². The summed E-state index contributed by atoms with van der Waals surface area (Å²) in [6.07, 6.45) is 2.80. The minimum atomic E-state index is -0.975. The van der Waals surface area contributed by atoms with Gasteiger partial charge in [-0.3, -0.25) is 9.59 Å². The SMILES string of the molecule is Cc1nn(-c2ccccn2)c2sc(C(=O)[C@H]3C(=O)c4cc(-c5nn[nH]n5)ccc4OC34CCNCC4)cc12.[H-].[Na+]. The van der Waals surface area contributed by atoms with Gasteiger partial charge < -0.3 is 11.5 Å². The first kappa shape index (κ1) is 26.0. The second-order valence-corrected chi connectivity index (χ2v) is 10.6. The molecule has 0 bridgehead atoms. The number of aryl methyl sites for hydroxylation is 1. The van der Waals surface area contributed by atoms with Crippen LogP contribution in [0.2, 0.25) is 0 Å². The van der Waals surface area contributed by atoms with E-state index in [2.05, 4.69) is 36.0 Å². The first-order valence-electron chi connectivity index (χ1n) is 12.3. The fraction of sp³-hybridized carbons (Fsp3) is 0.269. The Morgan fingerprint density at radius 1 is 1.21 bits per heavy atom. The molecule has 11 nitrogen and oxygen atoms in total. The van der Waals surface area contributed by atoms with Crippen LogP contribution in [0.25, 0.3) is 27.4 Å². The normalized spacial score (nSPS) is 18.0. The van der Waals surface area contributed by atoms with Crippen LogP contribution in [0, 0.1) is 12.8 Å². The zero-order chi connectivity index (χ0) is 25.9. The number of carbonyl (C=O) groups is 2. The molecule has 5 aromatic rings. The largest absolute Gasteiger partial charge is 1.00 e. The maximum absolute atomic E-state index is 14.2. The number of fused-ring (bicyclic) bond motifs is 2. The summed E-state index contributed by atoms with van der Waals surface area (Å²) >= 11 is 1.33. The second kappa shape index (κ2) is 10.0. The second-order valence-electron chi connectivity index (χ2n) is 9.54. The van der Waals surface area contributed by atoms with Crippen LogP contribution in [0.15, 0.2) is 48.7 Å². The van der Waals surface area contributed by atoms with E-state index < -0.39 is 11.5 Å². The van der Waals surface area contributed by atoms with E-state index in [0.29, 0.717) is 59.3 Å². The molecule has 4 aromatic heterocycles. The average Bonchev–Trinajstić information content (AvgIpc) is 3.69. The van der Waals surface area contributed by atoms with E-state index in [1.165, 1.54) is 11.3 Å². The van der Waals surface area contributed by atoms with Crippen molar-refractivity contribution in [3.63, 3.8) is 0 Å². The van der Waals surface area contributed by atoms with Crippen molar-refractivity contribution in [2.75, 3.05) is 13.1 Å². The van der Waals surface area contributed by atoms with Gasteiger partial charge in [0.15, 0.2) is 17.4 Å². The average molecular weight is 551 g/mol. The van der Waals surface area contributed by atoms with Gasteiger partial charge in [-0.05, 0) is 61.6 Å². The molecular weight excluding hydrogens is 527 g/mol. The Balaban J connectivity index is 0.00000161. The van der Waals surface area contributed by atoms with Crippen molar-refractivity contribution in [2.24, 2.45) is 5.92 Å². The summed E-state index contributed by atoms with van der Waals surface area (Å²) in [5.41, 5.74) is 0.846. The molecule has 1 atom stereocenters. The van der Waals surface area contributed by atoms with Crippen LogP contribution in [0.3, 0.4) is 0 Å². The standard InChI is InChI=1S/C26H22N8O3S.Na.H/c1-14-16-13-19(38-25(16)34(31-14)20-4-2-3-9-28-20)23(36)21-22(35)17-12-15(24-29-32-33-30-24)5-6-18(17)37-26(21)7-10-27-11-8-26;;/h2-6,9,12-13,21,27H,7-8,10-11H2,1H3,(H,29,30,32,33);;/q;+1;-1/t21-;;/m1../s1. The quantitative estimate of drug-likeness (QED) is 0.183. The number of piperidine rings is 1. The van der Waals surface area contributed by atoms with E-state index in [1.54, 1.807) is 29.1 Å². The van der Waals surface area contributed by atoms with Crippen LogP contribution in [0.4, 0.5) is 0 Å². The first-order valence-corrected chi connectivity index (χ1v) is 13.1. The van der Waals surface area contributed by atoms with E-state index in [4.69, 9.17) is 4.74 Å². The Bertz CT molecular complexity index is 1700. The van der Waals surface area contributed by atoms with Crippen LogP contribution in [-0.2, 0) is 0 Å². The summed E-state index contributed by atoms with van der Waals surface area (Å²) in [6, 6.07) is 12.7. The number of Topliss-reactive ketones (excluding diaryl/α,β-unsaturated/α-hetero) is 2. The number of carbonyl (C=O) groups excluding carboxylic acids is 2. The monoisotopic (exact) mass is 550 g/mol. The molecule has 2 N–H and O–H groups in total. The molecule has 13 heteroatoms. The number of hydrogen-bond acceptors (Lipinski definition) is 10. The molecule has 0 aliphatic carbocycles.